The molecule has 0 atom stereocenters. The quantitative estimate of drug-likeness (QED) is 0.897. The summed E-state index contributed by atoms with van der Waals surface area (Å²) < 4.78 is 0. The minimum absolute atomic E-state index is 0.210. The number of fused-ring (bicyclic) bond motifs is 3. The monoisotopic (exact) mass is 301 g/mol. The first-order valence-corrected chi connectivity index (χ1v) is 7.99. The molecule has 3 saturated carbocycles. The van der Waals surface area contributed by atoms with Crippen LogP contribution in [0, 0.1) is 17.8 Å². The third-order valence-corrected chi connectivity index (χ3v) is 6.00. The van der Waals surface area contributed by atoms with Gasteiger partial charge in [0.15, 0.2) is 0 Å². The van der Waals surface area contributed by atoms with Gasteiger partial charge in [-0.05, 0) is 74.5 Å². The summed E-state index contributed by atoms with van der Waals surface area (Å²) in [5.41, 5.74) is 7.83. The summed E-state index contributed by atoms with van der Waals surface area (Å²) in [6.45, 7) is 1.89. The van der Waals surface area contributed by atoms with Gasteiger partial charge in [-0.25, -0.2) is 0 Å². The number of carbonyl (C=O) groups is 2. The molecule has 0 unspecified atom stereocenters. The molecule has 4 rings (SSSR count). The molecule has 0 spiro atoms. The van der Waals surface area contributed by atoms with E-state index in [0.717, 1.165) is 56.1 Å². The van der Waals surface area contributed by atoms with Gasteiger partial charge in [-0.1, -0.05) is 12.1 Å². The van der Waals surface area contributed by atoms with Gasteiger partial charge in [0.05, 0.1) is 5.41 Å². The van der Waals surface area contributed by atoms with Crippen LogP contribution in [0.3, 0.4) is 0 Å². The molecule has 0 heterocycles. The molecule has 2 bridgehead atoms. The summed E-state index contributed by atoms with van der Waals surface area (Å²) in [5.74, 6) is -0.999. The Balaban J connectivity index is 1.79. The topological polar surface area (TPSA) is 80.4 Å². The van der Waals surface area contributed by atoms with Gasteiger partial charge in [0.25, 0.3) is 0 Å². The highest BCUT2D eigenvalue weighted by molar-refractivity contribution is 5.94. The lowest BCUT2D eigenvalue weighted by Crippen LogP contribution is -2.46. The highest BCUT2D eigenvalue weighted by atomic mass is 16.4. The van der Waals surface area contributed by atoms with Crippen LogP contribution in [-0.4, -0.2) is 17.0 Å². The van der Waals surface area contributed by atoms with Crippen LogP contribution in [0.5, 0.6) is 0 Å². The molecule has 0 radical (unpaired) electrons. The van der Waals surface area contributed by atoms with Gasteiger partial charge in [0.2, 0.25) is 5.91 Å². The molecule has 1 amide bonds. The maximum absolute atomic E-state index is 11.5. The normalized spacial score (nSPS) is 30.2. The zero-order valence-corrected chi connectivity index (χ0v) is 13.0. The number of hydrogen-bond donors (Lipinski definition) is 2. The molecule has 0 saturated heterocycles. The number of primary amides is 1. The molecule has 3 fully saturated rings. The Bertz CT molecular complexity index is 611. The smallest absolute Gasteiger partial charge is 0.309 e. The van der Waals surface area contributed by atoms with E-state index in [-0.39, 0.29) is 11.3 Å². The van der Waals surface area contributed by atoms with Crippen LogP contribution in [0.15, 0.2) is 18.2 Å². The van der Waals surface area contributed by atoms with E-state index in [1.807, 2.05) is 19.1 Å². The van der Waals surface area contributed by atoms with Crippen molar-refractivity contribution in [2.75, 3.05) is 0 Å². The van der Waals surface area contributed by atoms with Gasteiger partial charge >= 0.3 is 5.97 Å². The molecule has 3 aliphatic carbocycles. The standard InChI is InChI=1S/C18H23NO3/c1-12-2-3-13(10-14(12)15(19)20)11-17-4-7-18(8-5-17,9-6-17)16(21)22/h2-3,10H,4-9,11H2,1H3,(H2,19,20)(H,21,22). The molecule has 3 aliphatic rings. The number of aliphatic carboxylic acids is 1. The third-order valence-electron chi connectivity index (χ3n) is 6.00. The van der Waals surface area contributed by atoms with E-state index in [1.54, 1.807) is 0 Å². The molecular weight excluding hydrogens is 278 g/mol. The zero-order valence-electron chi connectivity index (χ0n) is 13.0. The Kier molecular flexibility index (Phi) is 3.50. The van der Waals surface area contributed by atoms with Gasteiger partial charge in [-0.3, -0.25) is 9.59 Å². The number of carbonyl (C=O) groups excluding carboxylic acids is 1. The van der Waals surface area contributed by atoms with Crippen LogP contribution in [0.2, 0.25) is 0 Å². The van der Waals surface area contributed by atoms with E-state index in [4.69, 9.17) is 5.73 Å². The number of rotatable bonds is 4. The van der Waals surface area contributed by atoms with Crippen molar-refractivity contribution in [3.05, 3.63) is 34.9 Å². The molecule has 1 aromatic rings. The minimum Gasteiger partial charge on any atom is -0.481 e. The Morgan fingerprint density at radius 3 is 2.23 bits per heavy atom. The second-order valence-corrected chi connectivity index (χ2v) is 7.28. The first kappa shape index (κ1) is 15.1. The van der Waals surface area contributed by atoms with Gasteiger partial charge in [-0.2, -0.15) is 0 Å². The van der Waals surface area contributed by atoms with E-state index < -0.39 is 11.4 Å². The highest BCUT2D eigenvalue weighted by Gasteiger charge is 2.52. The Morgan fingerprint density at radius 1 is 1.14 bits per heavy atom. The highest BCUT2D eigenvalue weighted by Crippen LogP contribution is 2.58. The van der Waals surface area contributed by atoms with E-state index in [1.165, 1.54) is 0 Å². The van der Waals surface area contributed by atoms with E-state index in [0.29, 0.717) is 5.56 Å². The molecule has 4 nitrogen and oxygen atoms in total. The SMILES string of the molecule is Cc1ccc(CC23CCC(C(=O)O)(CC2)CC3)cc1C(N)=O. The number of aryl methyl sites for hydroxylation is 1. The number of amides is 1. The molecule has 22 heavy (non-hydrogen) atoms. The first-order chi connectivity index (χ1) is 10.4. The predicted molar refractivity (Wildman–Crippen MR) is 83.6 cm³/mol. The number of carboxylic acid groups (broad SMARTS) is 1. The van der Waals surface area contributed by atoms with Crippen molar-refractivity contribution in [1.82, 2.24) is 0 Å². The number of benzene rings is 1. The van der Waals surface area contributed by atoms with E-state index >= 15 is 0 Å². The largest absolute Gasteiger partial charge is 0.481 e. The van der Waals surface area contributed by atoms with E-state index in [9.17, 15) is 14.7 Å². The summed E-state index contributed by atoms with van der Waals surface area (Å²) in [7, 11) is 0. The minimum atomic E-state index is -0.618. The van der Waals surface area contributed by atoms with Gasteiger partial charge in [0.1, 0.15) is 0 Å². The molecule has 0 aliphatic heterocycles. The van der Waals surface area contributed by atoms with Gasteiger partial charge < -0.3 is 10.8 Å². The molecule has 1 aromatic carbocycles. The van der Waals surface area contributed by atoms with Crippen molar-refractivity contribution >= 4 is 11.9 Å². The van der Waals surface area contributed by atoms with Crippen LogP contribution >= 0.6 is 0 Å². The molecular formula is C18H23NO3. The average molecular weight is 301 g/mol. The van der Waals surface area contributed by atoms with Crippen molar-refractivity contribution in [3.63, 3.8) is 0 Å². The molecule has 0 aromatic heterocycles. The summed E-state index contributed by atoms with van der Waals surface area (Å²) >= 11 is 0. The maximum Gasteiger partial charge on any atom is 0.309 e. The average Bonchev–Trinajstić information content (AvgIpc) is 2.50. The lowest BCUT2D eigenvalue weighted by atomic mass is 9.52. The lowest BCUT2D eigenvalue weighted by Gasteiger charge is -2.51. The molecule has 3 N–H and O–H groups in total. The Labute approximate surface area is 130 Å². The number of carboxylic acids is 1. The summed E-state index contributed by atoms with van der Waals surface area (Å²) in [4.78, 5) is 23.0. The van der Waals surface area contributed by atoms with Crippen molar-refractivity contribution in [2.45, 2.75) is 51.9 Å². The Hall–Kier alpha value is -1.84. The van der Waals surface area contributed by atoms with Crippen molar-refractivity contribution in [1.29, 1.82) is 0 Å². The fourth-order valence-corrected chi connectivity index (χ4v) is 4.33. The predicted octanol–water partition coefficient (Wildman–Crippen LogP) is 3.06. The summed E-state index contributed by atoms with van der Waals surface area (Å²) in [6, 6.07) is 5.95. The second kappa shape index (κ2) is 5.11. The second-order valence-electron chi connectivity index (χ2n) is 7.28. The fraction of sp³-hybridized carbons (Fsp3) is 0.556. The number of hydrogen-bond acceptors (Lipinski definition) is 2. The van der Waals surface area contributed by atoms with Crippen LogP contribution in [0.25, 0.3) is 0 Å². The maximum atomic E-state index is 11.5. The van der Waals surface area contributed by atoms with Crippen LogP contribution in [-0.2, 0) is 11.2 Å². The first-order valence-electron chi connectivity index (χ1n) is 7.99. The van der Waals surface area contributed by atoms with Crippen molar-refractivity contribution in [3.8, 4) is 0 Å². The molecule has 4 heteroatoms. The van der Waals surface area contributed by atoms with Gasteiger partial charge in [-0.15, -0.1) is 0 Å². The summed E-state index contributed by atoms with van der Waals surface area (Å²) in [5, 5.41) is 9.46. The van der Waals surface area contributed by atoms with Crippen molar-refractivity contribution < 1.29 is 14.7 Å². The third kappa shape index (κ3) is 2.40. The van der Waals surface area contributed by atoms with E-state index in [2.05, 4.69) is 6.07 Å². The zero-order chi connectivity index (χ0) is 16.0. The fourth-order valence-electron chi connectivity index (χ4n) is 4.33. The number of nitrogens with two attached hydrogens (primary N) is 1. The van der Waals surface area contributed by atoms with Crippen LogP contribution in [0.4, 0.5) is 0 Å². The van der Waals surface area contributed by atoms with Crippen molar-refractivity contribution in [2.24, 2.45) is 16.6 Å². The Morgan fingerprint density at radius 2 is 1.73 bits per heavy atom. The van der Waals surface area contributed by atoms with Crippen LogP contribution < -0.4 is 5.73 Å². The molecule has 118 valence electrons. The van der Waals surface area contributed by atoms with Gasteiger partial charge in [0, 0.05) is 5.56 Å². The lowest BCUT2D eigenvalue weighted by molar-refractivity contribution is -0.158. The van der Waals surface area contributed by atoms with Crippen LogP contribution in [0.1, 0.15) is 60.0 Å². The summed E-state index contributed by atoms with van der Waals surface area (Å²) in [6.07, 6.45) is 6.20.